The molecule has 5 heteroatoms. The van der Waals surface area contributed by atoms with Crippen LogP contribution in [0.3, 0.4) is 0 Å². The summed E-state index contributed by atoms with van der Waals surface area (Å²) < 4.78 is 5.62. The molecule has 23 heavy (non-hydrogen) atoms. The lowest BCUT2D eigenvalue weighted by Crippen LogP contribution is -1.99. The smallest absolute Gasteiger partial charge is 0.232 e. The number of thiophene rings is 1. The quantitative estimate of drug-likeness (QED) is 0.740. The van der Waals surface area contributed by atoms with Gasteiger partial charge in [0, 0.05) is 17.5 Å². The molecule has 0 aliphatic heterocycles. The number of aryl methyl sites for hydroxylation is 1. The molecule has 0 saturated heterocycles. The zero-order valence-corrected chi connectivity index (χ0v) is 13.4. The van der Waals surface area contributed by atoms with E-state index in [1.807, 2.05) is 42.6 Å². The highest BCUT2D eigenvalue weighted by atomic mass is 32.1. The predicted molar refractivity (Wildman–Crippen MR) is 93.0 cm³/mol. The summed E-state index contributed by atoms with van der Waals surface area (Å²) in [5.74, 6) is 0.820. The zero-order valence-electron chi connectivity index (χ0n) is 12.6. The van der Waals surface area contributed by atoms with Gasteiger partial charge in [-0.2, -0.15) is 10.2 Å². The Kier molecular flexibility index (Phi) is 4.55. The molecule has 0 amide bonds. The molecule has 4 nitrogen and oxygen atoms in total. The van der Waals surface area contributed by atoms with E-state index in [2.05, 4.69) is 28.5 Å². The molecule has 3 aromatic rings. The summed E-state index contributed by atoms with van der Waals surface area (Å²) in [5.41, 5.74) is 2.60. The number of hydrogen-bond acceptors (Lipinski definition) is 5. The van der Waals surface area contributed by atoms with Crippen LogP contribution in [0, 0.1) is 18.3 Å². The number of rotatable bonds is 5. The second-order valence-electron chi connectivity index (χ2n) is 5.03. The van der Waals surface area contributed by atoms with Crippen LogP contribution in [0.15, 0.2) is 46.2 Å². The number of benzene rings is 1. The molecule has 0 radical (unpaired) electrons. The van der Waals surface area contributed by atoms with Crippen molar-refractivity contribution in [2.24, 2.45) is 0 Å². The highest BCUT2D eigenvalue weighted by Gasteiger charge is 2.11. The molecule has 2 heterocycles. The Morgan fingerprint density at radius 1 is 1.26 bits per heavy atom. The molecule has 0 spiro atoms. The van der Waals surface area contributed by atoms with E-state index in [4.69, 9.17) is 4.42 Å². The molecule has 0 saturated carbocycles. The van der Waals surface area contributed by atoms with Crippen LogP contribution >= 0.6 is 11.3 Å². The summed E-state index contributed by atoms with van der Waals surface area (Å²) in [7, 11) is 0. The van der Waals surface area contributed by atoms with Crippen molar-refractivity contribution in [3.05, 3.63) is 69.4 Å². The van der Waals surface area contributed by atoms with E-state index >= 15 is 0 Å². The van der Waals surface area contributed by atoms with Crippen LogP contribution < -0.4 is 5.32 Å². The highest BCUT2D eigenvalue weighted by Crippen LogP contribution is 2.20. The van der Waals surface area contributed by atoms with Gasteiger partial charge in [-0.25, -0.2) is 0 Å². The maximum atomic E-state index is 9.18. The Hall–Kier alpha value is -2.84. The Bertz CT molecular complexity index is 840. The first kappa shape index (κ1) is 15.1. The van der Waals surface area contributed by atoms with Crippen LogP contribution in [0.5, 0.6) is 0 Å². The van der Waals surface area contributed by atoms with Gasteiger partial charge < -0.3 is 9.73 Å². The molecular formula is C18H15N3OS. The van der Waals surface area contributed by atoms with Crippen LogP contribution in [0.2, 0.25) is 0 Å². The fourth-order valence-electron chi connectivity index (χ4n) is 2.03. The minimum absolute atomic E-state index is 0.267. The van der Waals surface area contributed by atoms with Crippen molar-refractivity contribution in [3.63, 3.8) is 0 Å². The van der Waals surface area contributed by atoms with Gasteiger partial charge in [-0.15, -0.1) is 11.3 Å². The van der Waals surface area contributed by atoms with Crippen molar-refractivity contribution >= 4 is 29.4 Å². The number of aromatic nitrogens is 1. The van der Waals surface area contributed by atoms with Crippen molar-refractivity contribution in [2.45, 2.75) is 13.5 Å². The molecule has 3 rings (SSSR count). The third-order valence-corrected chi connectivity index (χ3v) is 4.09. The van der Waals surface area contributed by atoms with E-state index in [1.165, 1.54) is 5.56 Å². The lowest BCUT2D eigenvalue weighted by atomic mass is 10.1. The summed E-state index contributed by atoms with van der Waals surface area (Å²) in [6, 6.07) is 14.2. The Morgan fingerprint density at radius 2 is 2.09 bits per heavy atom. The van der Waals surface area contributed by atoms with E-state index in [9.17, 15) is 5.26 Å². The summed E-state index contributed by atoms with van der Waals surface area (Å²) in [4.78, 5) is 5.29. The van der Waals surface area contributed by atoms with Crippen molar-refractivity contribution in [2.75, 3.05) is 5.32 Å². The van der Waals surface area contributed by atoms with E-state index in [0.717, 1.165) is 10.4 Å². The maximum Gasteiger partial charge on any atom is 0.232 e. The summed E-state index contributed by atoms with van der Waals surface area (Å²) in [6.07, 6.45) is 3.69. The molecule has 1 aromatic carbocycles. The fourth-order valence-corrected chi connectivity index (χ4v) is 2.65. The van der Waals surface area contributed by atoms with E-state index in [0.29, 0.717) is 18.3 Å². The summed E-state index contributed by atoms with van der Waals surface area (Å²) in [6.45, 7) is 2.63. The topological polar surface area (TPSA) is 61.9 Å². The largest absolute Gasteiger partial charge is 0.420 e. The lowest BCUT2D eigenvalue weighted by molar-refractivity contribution is 0.557. The van der Waals surface area contributed by atoms with Gasteiger partial charge in [0.2, 0.25) is 17.5 Å². The van der Waals surface area contributed by atoms with Gasteiger partial charge in [-0.3, -0.25) is 0 Å². The Morgan fingerprint density at radius 3 is 2.78 bits per heavy atom. The van der Waals surface area contributed by atoms with Crippen LogP contribution in [-0.4, -0.2) is 4.98 Å². The second-order valence-corrected chi connectivity index (χ2v) is 6.01. The van der Waals surface area contributed by atoms with Crippen LogP contribution in [0.1, 0.15) is 27.6 Å². The molecule has 0 bridgehead atoms. The lowest BCUT2D eigenvalue weighted by Gasteiger charge is -2.03. The number of oxazole rings is 1. The van der Waals surface area contributed by atoms with Gasteiger partial charge >= 0.3 is 0 Å². The number of nitrogens with zero attached hydrogens (tertiary/aromatic N) is 2. The average molecular weight is 321 g/mol. The average Bonchev–Trinajstić information content (AvgIpc) is 3.21. The summed E-state index contributed by atoms with van der Waals surface area (Å²) >= 11 is 1.63. The number of nitriles is 1. The molecule has 0 fully saturated rings. The molecule has 1 N–H and O–H groups in total. The Balaban J connectivity index is 1.71. The molecule has 0 aliphatic carbocycles. The van der Waals surface area contributed by atoms with Crippen molar-refractivity contribution < 1.29 is 4.42 Å². The molecule has 0 atom stereocenters. The Labute approximate surface area is 138 Å². The number of anilines is 1. The highest BCUT2D eigenvalue weighted by molar-refractivity contribution is 7.10. The molecule has 2 aromatic heterocycles. The standard InChI is InChI=1S/C18H15N3OS/c1-13-4-6-14(7-5-13)12-20-18-16(11-19)21-17(22-18)9-8-15-3-2-10-23-15/h2-10,20H,12H2,1H3. The SMILES string of the molecule is Cc1ccc(CNc2oc(C=Cc3cccs3)nc2C#N)cc1. The van der Waals surface area contributed by atoms with E-state index in [1.54, 1.807) is 17.4 Å². The van der Waals surface area contributed by atoms with Gasteiger partial charge in [0.05, 0.1) is 0 Å². The van der Waals surface area contributed by atoms with Gasteiger partial charge in [-0.1, -0.05) is 35.9 Å². The van der Waals surface area contributed by atoms with Crippen molar-refractivity contribution in [1.29, 1.82) is 5.26 Å². The normalized spacial score (nSPS) is 10.8. The second kappa shape index (κ2) is 6.95. The third kappa shape index (κ3) is 3.87. The van der Waals surface area contributed by atoms with Crippen LogP contribution in [-0.2, 0) is 6.54 Å². The molecular weight excluding hydrogens is 306 g/mol. The van der Waals surface area contributed by atoms with Gasteiger partial charge in [0.15, 0.2) is 0 Å². The van der Waals surface area contributed by atoms with Crippen molar-refractivity contribution in [1.82, 2.24) is 4.98 Å². The summed E-state index contributed by atoms with van der Waals surface area (Å²) in [5, 5.41) is 14.3. The first-order chi connectivity index (χ1) is 11.2. The third-order valence-electron chi connectivity index (χ3n) is 3.26. The van der Waals surface area contributed by atoms with Crippen LogP contribution in [0.4, 0.5) is 5.88 Å². The maximum absolute atomic E-state index is 9.18. The van der Waals surface area contributed by atoms with E-state index in [-0.39, 0.29) is 5.69 Å². The van der Waals surface area contributed by atoms with Gasteiger partial charge in [-0.05, 0) is 30.0 Å². The van der Waals surface area contributed by atoms with Crippen LogP contribution in [0.25, 0.3) is 12.2 Å². The van der Waals surface area contributed by atoms with Gasteiger partial charge in [0.1, 0.15) is 6.07 Å². The minimum atomic E-state index is 0.267. The molecule has 114 valence electrons. The fraction of sp³-hybridized carbons (Fsp3) is 0.111. The first-order valence-electron chi connectivity index (χ1n) is 7.16. The predicted octanol–water partition coefficient (Wildman–Crippen LogP) is 4.70. The number of nitrogens with one attached hydrogen (secondary N) is 1. The first-order valence-corrected chi connectivity index (χ1v) is 8.04. The monoisotopic (exact) mass is 321 g/mol. The van der Waals surface area contributed by atoms with Gasteiger partial charge in [0.25, 0.3) is 0 Å². The minimum Gasteiger partial charge on any atom is -0.420 e. The molecule has 0 aliphatic rings. The number of hydrogen-bond donors (Lipinski definition) is 1. The van der Waals surface area contributed by atoms with E-state index < -0.39 is 0 Å². The van der Waals surface area contributed by atoms with Crippen molar-refractivity contribution in [3.8, 4) is 6.07 Å². The molecule has 0 unspecified atom stereocenters. The zero-order chi connectivity index (χ0) is 16.1.